The van der Waals surface area contributed by atoms with Crippen LogP contribution in [0.1, 0.15) is 0 Å². The molecule has 4 nitrogen and oxygen atoms in total. The molecule has 2 heterocycles. The molecule has 0 atom stereocenters. The van der Waals surface area contributed by atoms with Gasteiger partial charge in [0.15, 0.2) is 5.65 Å². The third kappa shape index (κ3) is 3.46. The van der Waals surface area contributed by atoms with Crippen LogP contribution in [0.15, 0.2) is 97.2 Å². The van der Waals surface area contributed by atoms with Crippen molar-refractivity contribution in [1.82, 2.24) is 14.6 Å². The van der Waals surface area contributed by atoms with Crippen molar-refractivity contribution in [3.63, 3.8) is 0 Å². The highest BCUT2D eigenvalue weighted by atomic mass is 35.5. The Morgan fingerprint density at radius 1 is 0.759 bits per heavy atom. The van der Waals surface area contributed by atoms with Gasteiger partial charge in [-0.2, -0.15) is 9.61 Å². The van der Waals surface area contributed by atoms with Gasteiger partial charge < -0.3 is 5.32 Å². The summed E-state index contributed by atoms with van der Waals surface area (Å²) in [4.78, 5) is 4.93. The average Bonchev–Trinajstić information content (AvgIpc) is 3.20. The largest absolute Gasteiger partial charge is 0.340 e. The normalized spacial score (nSPS) is 10.9. The van der Waals surface area contributed by atoms with Crippen molar-refractivity contribution in [2.24, 2.45) is 0 Å². The molecular formula is C24H17ClN4. The molecule has 0 bridgehead atoms. The second-order valence-electron chi connectivity index (χ2n) is 6.68. The van der Waals surface area contributed by atoms with Crippen LogP contribution in [0, 0.1) is 0 Å². The molecule has 3 aromatic carbocycles. The van der Waals surface area contributed by atoms with E-state index in [0.29, 0.717) is 5.02 Å². The van der Waals surface area contributed by atoms with Gasteiger partial charge in [0, 0.05) is 27.9 Å². The van der Waals surface area contributed by atoms with Gasteiger partial charge in [0.25, 0.3) is 0 Å². The van der Waals surface area contributed by atoms with E-state index < -0.39 is 0 Å². The molecule has 5 aromatic rings. The molecule has 0 unspecified atom stereocenters. The first-order chi connectivity index (χ1) is 14.3. The molecule has 2 aromatic heterocycles. The summed E-state index contributed by atoms with van der Waals surface area (Å²) in [5.74, 6) is 0.847. The van der Waals surface area contributed by atoms with Crippen molar-refractivity contribution in [1.29, 1.82) is 0 Å². The van der Waals surface area contributed by atoms with Crippen molar-refractivity contribution in [2.75, 3.05) is 5.32 Å². The number of nitrogens with one attached hydrogen (secondary N) is 1. The van der Waals surface area contributed by atoms with Crippen LogP contribution in [0.2, 0.25) is 5.02 Å². The average molecular weight is 397 g/mol. The highest BCUT2D eigenvalue weighted by molar-refractivity contribution is 6.30. The third-order valence-corrected chi connectivity index (χ3v) is 4.99. The van der Waals surface area contributed by atoms with E-state index in [1.165, 1.54) is 0 Å². The lowest BCUT2D eigenvalue weighted by Crippen LogP contribution is -2.02. The summed E-state index contributed by atoms with van der Waals surface area (Å²) in [6.07, 6.45) is 1.84. The van der Waals surface area contributed by atoms with Crippen molar-refractivity contribution >= 4 is 28.8 Å². The maximum absolute atomic E-state index is 6.07. The lowest BCUT2D eigenvalue weighted by atomic mass is 10.1. The Morgan fingerprint density at radius 2 is 1.45 bits per heavy atom. The first-order valence-electron chi connectivity index (χ1n) is 9.30. The van der Waals surface area contributed by atoms with Crippen LogP contribution < -0.4 is 5.32 Å². The van der Waals surface area contributed by atoms with Crippen LogP contribution in [-0.4, -0.2) is 14.6 Å². The molecule has 0 saturated heterocycles. The number of anilines is 2. The monoisotopic (exact) mass is 396 g/mol. The molecule has 0 saturated carbocycles. The minimum atomic E-state index is 0.703. The second-order valence-corrected chi connectivity index (χ2v) is 7.12. The van der Waals surface area contributed by atoms with E-state index in [9.17, 15) is 0 Å². The summed E-state index contributed by atoms with van der Waals surface area (Å²) in [6, 6.07) is 30.0. The molecule has 29 heavy (non-hydrogen) atoms. The fraction of sp³-hybridized carbons (Fsp3) is 0. The predicted molar refractivity (Wildman–Crippen MR) is 119 cm³/mol. The van der Waals surface area contributed by atoms with Gasteiger partial charge in [-0.3, -0.25) is 0 Å². The number of hydrogen-bond donors (Lipinski definition) is 1. The number of hydrogen-bond acceptors (Lipinski definition) is 3. The van der Waals surface area contributed by atoms with Crippen molar-refractivity contribution in [3.8, 4) is 22.4 Å². The standard InChI is InChI=1S/C24H17ClN4/c25-19-13-11-17(12-14-19)21-16-26-29-23(27-20-9-5-2-6-10-20)15-22(28-24(21)29)18-7-3-1-4-8-18/h1-16,27H. The van der Waals surface area contributed by atoms with E-state index in [1.54, 1.807) is 0 Å². The summed E-state index contributed by atoms with van der Waals surface area (Å²) >= 11 is 6.07. The van der Waals surface area contributed by atoms with Gasteiger partial charge in [-0.15, -0.1) is 0 Å². The molecule has 1 N–H and O–H groups in total. The van der Waals surface area contributed by atoms with Gasteiger partial charge >= 0.3 is 0 Å². The van der Waals surface area contributed by atoms with E-state index in [2.05, 4.69) is 22.5 Å². The van der Waals surface area contributed by atoms with E-state index in [0.717, 1.165) is 39.5 Å². The summed E-state index contributed by atoms with van der Waals surface area (Å²) in [7, 11) is 0. The fourth-order valence-electron chi connectivity index (χ4n) is 3.31. The number of benzene rings is 3. The van der Waals surface area contributed by atoms with Gasteiger partial charge in [0.1, 0.15) is 5.82 Å². The Hall–Kier alpha value is -3.63. The Bertz CT molecular complexity index is 1260. The van der Waals surface area contributed by atoms with Gasteiger partial charge in [-0.25, -0.2) is 4.98 Å². The molecule has 0 radical (unpaired) electrons. The first kappa shape index (κ1) is 17.5. The zero-order valence-electron chi connectivity index (χ0n) is 15.5. The first-order valence-corrected chi connectivity index (χ1v) is 9.68. The molecule has 0 aliphatic carbocycles. The number of fused-ring (bicyclic) bond motifs is 1. The maximum Gasteiger partial charge on any atom is 0.165 e. The third-order valence-electron chi connectivity index (χ3n) is 4.74. The minimum absolute atomic E-state index is 0.703. The SMILES string of the molecule is Clc1ccc(-c2cnn3c(Nc4ccccc4)cc(-c4ccccc4)nc23)cc1. The van der Waals surface area contributed by atoms with Crippen LogP contribution in [0.3, 0.4) is 0 Å². The Kier molecular flexibility index (Phi) is 4.47. The lowest BCUT2D eigenvalue weighted by Gasteiger charge is -2.11. The van der Waals surface area contributed by atoms with E-state index in [-0.39, 0.29) is 0 Å². The van der Waals surface area contributed by atoms with Gasteiger partial charge in [-0.05, 0) is 29.8 Å². The van der Waals surface area contributed by atoms with E-state index in [4.69, 9.17) is 16.6 Å². The van der Waals surface area contributed by atoms with E-state index >= 15 is 0 Å². The van der Waals surface area contributed by atoms with Crippen LogP contribution >= 0.6 is 11.6 Å². The smallest absolute Gasteiger partial charge is 0.165 e. The molecule has 140 valence electrons. The number of para-hydroxylation sites is 1. The van der Waals surface area contributed by atoms with Crippen LogP contribution in [0.5, 0.6) is 0 Å². The van der Waals surface area contributed by atoms with Crippen molar-refractivity contribution < 1.29 is 0 Å². The predicted octanol–water partition coefficient (Wildman–Crippen LogP) is 6.46. The molecule has 0 spiro atoms. The lowest BCUT2D eigenvalue weighted by molar-refractivity contribution is 0.949. The zero-order chi connectivity index (χ0) is 19.6. The van der Waals surface area contributed by atoms with Crippen LogP contribution in [0.25, 0.3) is 28.0 Å². The molecule has 0 aliphatic rings. The Balaban J connectivity index is 1.71. The van der Waals surface area contributed by atoms with Crippen LogP contribution in [-0.2, 0) is 0 Å². The summed E-state index contributed by atoms with van der Waals surface area (Å²) in [5.41, 5.74) is 5.68. The summed E-state index contributed by atoms with van der Waals surface area (Å²) in [5, 5.41) is 8.78. The number of halogens is 1. The molecule has 0 amide bonds. The molecule has 0 aliphatic heterocycles. The maximum atomic E-state index is 6.07. The summed E-state index contributed by atoms with van der Waals surface area (Å²) in [6.45, 7) is 0. The highest BCUT2D eigenvalue weighted by Gasteiger charge is 2.14. The van der Waals surface area contributed by atoms with E-state index in [1.807, 2.05) is 89.6 Å². The number of aromatic nitrogens is 3. The molecular weight excluding hydrogens is 380 g/mol. The number of rotatable bonds is 4. The molecule has 0 fully saturated rings. The second kappa shape index (κ2) is 7.41. The fourth-order valence-corrected chi connectivity index (χ4v) is 3.44. The van der Waals surface area contributed by atoms with Crippen molar-refractivity contribution in [3.05, 3.63) is 102 Å². The van der Waals surface area contributed by atoms with Gasteiger partial charge in [0.2, 0.25) is 0 Å². The van der Waals surface area contributed by atoms with Crippen LogP contribution in [0.4, 0.5) is 11.5 Å². The summed E-state index contributed by atoms with van der Waals surface area (Å²) < 4.78 is 1.84. The number of nitrogens with zero attached hydrogens (tertiary/aromatic N) is 3. The van der Waals surface area contributed by atoms with Crippen molar-refractivity contribution in [2.45, 2.75) is 0 Å². The Morgan fingerprint density at radius 3 is 2.17 bits per heavy atom. The van der Waals surface area contributed by atoms with Gasteiger partial charge in [0.05, 0.1) is 11.9 Å². The highest BCUT2D eigenvalue weighted by Crippen LogP contribution is 2.30. The molecule has 5 rings (SSSR count). The topological polar surface area (TPSA) is 42.2 Å². The minimum Gasteiger partial charge on any atom is -0.340 e. The Labute approximate surface area is 173 Å². The van der Waals surface area contributed by atoms with Gasteiger partial charge in [-0.1, -0.05) is 72.3 Å². The quantitative estimate of drug-likeness (QED) is 0.379. The molecule has 5 heteroatoms. The zero-order valence-corrected chi connectivity index (χ0v) is 16.2.